The van der Waals surface area contributed by atoms with Crippen LogP contribution in [0.15, 0.2) is 60.8 Å². The molecule has 0 aliphatic heterocycles. The summed E-state index contributed by atoms with van der Waals surface area (Å²) in [5.41, 5.74) is 0. The highest BCUT2D eigenvalue weighted by molar-refractivity contribution is 5.71. The molecule has 0 saturated carbocycles. The van der Waals surface area contributed by atoms with E-state index in [1.165, 1.54) is 186 Å². The van der Waals surface area contributed by atoms with E-state index in [-0.39, 0.29) is 31.1 Å². The molecule has 0 aliphatic carbocycles. The quantitative estimate of drug-likeness (QED) is 0.0261. The standard InChI is InChI=1S/C67H120O6/c1-4-7-10-13-16-19-22-25-28-29-30-31-32-33-34-35-36-37-40-42-45-48-51-54-57-60-66(69)72-63-64(73-67(70)61-58-55-52-49-46-43-39-27-24-21-18-15-12-9-6-3)62-71-65(68)59-56-53-50-47-44-41-38-26-23-20-17-14-11-8-5-2/h17-18,20-21,26-27,29-30,38-39,64H,4-16,19,22-25,28,31-37,40-63H2,1-3H3/b20-17-,21-18-,30-29-,38-26-,39-27-. The molecule has 424 valence electrons. The monoisotopic (exact) mass is 1020 g/mol. The molecule has 0 saturated heterocycles. The molecule has 1 atom stereocenters. The van der Waals surface area contributed by atoms with Crippen LogP contribution in [0.2, 0.25) is 0 Å². The van der Waals surface area contributed by atoms with Gasteiger partial charge >= 0.3 is 17.9 Å². The third kappa shape index (κ3) is 59.9. The lowest BCUT2D eigenvalue weighted by Crippen LogP contribution is -2.30. The minimum Gasteiger partial charge on any atom is -0.462 e. The van der Waals surface area contributed by atoms with Crippen molar-refractivity contribution in [1.29, 1.82) is 0 Å². The molecule has 0 rings (SSSR count). The number of unbranched alkanes of at least 4 members (excludes halogenated alkanes) is 37. The zero-order valence-corrected chi connectivity index (χ0v) is 48.7. The van der Waals surface area contributed by atoms with E-state index in [1.807, 2.05) is 0 Å². The van der Waals surface area contributed by atoms with Crippen LogP contribution in [0, 0.1) is 0 Å². The van der Waals surface area contributed by atoms with Gasteiger partial charge in [0.05, 0.1) is 0 Å². The van der Waals surface area contributed by atoms with Crippen LogP contribution in [0.5, 0.6) is 0 Å². The van der Waals surface area contributed by atoms with Crippen LogP contribution in [-0.2, 0) is 28.6 Å². The van der Waals surface area contributed by atoms with Crippen molar-refractivity contribution in [3.63, 3.8) is 0 Å². The van der Waals surface area contributed by atoms with Gasteiger partial charge in [0.1, 0.15) is 13.2 Å². The van der Waals surface area contributed by atoms with Gasteiger partial charge < -0.3 is 14.2 Å². The lowest BCUT2D eigenvalue weighted by Gasteiger charge is -2.18. The van der Waals surface area contributed by atoms with Gasteiger partial charge in [-0.15, -0.1) is 0 Å². The van der Waals surface area contributed by atoms with Gasteiger partial charge in [-0.2, -0.15) is 0 Å². The van der Waals surface area contributed by atoms with E-state index in [0.29, 0.717) is 19.3 Å². The van der Waals surface area contributed by atoms with Gasteiger partial charge in [0.15, 0.2) is 6.10 Å². The van der Waals surface area contributed by atoms with Gasteiger partial charge in [0, 0.05) is 19.3 Å². The van der Waals surface area contributed by atoms with Gasteiger partial charge in [-0.05, 0) is 109 Å². The summed E-state index contributed by atoms with van der Waals surface area (Å²) in [5.74, 6) is -0.897. The molecular formula is C67H120O6. The molecule has 6 nitrogen and oxygen atoms in total. The fraction of sp³-hybridized carbons (Fsp3) is 0.806. The first kappa shape index (κ1) is 70.1. The number of rotatable bonds is 58. The van der Waals surface area contributed by atoms with E-state index in [0.717, 1.165) is 103 Å². The van der Waals surface area contributed by atoms with Gasteiger partial charge in [0.25, 0.3) is 0 Å². The van der Waals surface area contributed by atoms with Crippen LogP contribution >= 0.6 is 0 Å². The maximum atomic E-state index is 12.9. The van der Waals surface area contributed by atoms with Gasteiger partial charge in [-0.25, -0.2) is 0 Å². The van der Waals surface area contributed by atoms with E-state index in [9.17, 15) is 14.4 Å². The molecule has 0 aliphatic rings. The predicted octanol–water partition coefficient (Wildman–Crippen LogP) is 21.6. The molecule has 0 N–H and O–H groups in total. The number of carbonyl (C=O) groups excluding carboxylic acids is 3. The molecule has 0 amide bonds. The molecule has 73 heavy (non-hydrogen) atoms. The lowest BCUT2D eigenvalue weighted by atomic mass is 10.0. The van der Waals surface area contributed by atoms with E-state index < -0.39 is 6.10 Å². The number of carbonyl (C=O) groups is 3. The summed E-state index contributed by atoms with van der Waals surface area (Å²) in [6.07, 6.45) is 78.0. The summed E-state index contributed by atoms with van der Waals surface area (Å²) in [6.45, 7) is 6.60. The summed E-state index contributed by atoms with van der Waals surface area (Å²) >= 11 is 0. The molecule has 0 bridgehead atoms. The van der Waals surface area contributed by atoms with Gasteiger partial charge in [-0.3, -0.25) is 14.4 Å². The maximum Gasteiger partial charge on any atom is 0.306 e. The average molecular weight is 1020 g/mol. The minimum absolute atomic E-state index is 0.0828. The van der Waals surface area contributed by atoms with Gasteiger partial charge in [-0.1, -0.05) is 261 Å². The third-order valence-corrected chi connectivity index (χ3v) is 14.0. The van der Waals surface area contributed by atoms with Crippen molar-refractivity contribution >= 4 is 17.9 Å². The number of hydrogen-bond donors (Lipinski definition) is 0. The molecular weight excluding hydrogens is 901 g/mol. The van der Waals surface area contributed by atoms with Crippen molar-refractivity contribution in [3.05, 3.63) is 60.8 Å². The molecule has 0 heterocycles. The first-order valence-electron chi connectivity index (χ1n) is 31.8. The molecule has 0 radical (unpaired) electrons. The Morgan fingerprint density at radius 1 is 0.274 bits per heavy atom. The Morgan fingerprint density at radius 2 is 0.493 bits per heavy atom. The summed E-state index contributed by atoms with van der Waals surface area (Å²) in [7, 11) is 0. The number of ether oxygens (including phenoxy) is 3. The van der Waals surface area contributed by atoms with E-state index in [4.69, 9.17) is 14.2 Å². The Balaban J connectivity index is 4.29. The Labute approximate surface area is 453 Å². The minimum atomic E-state index is -0.788. The van der Waals surface area contributed by atoms with Crippen LogP contribution in [-0.4, -0.2) is 37.2 Å². The summed E-state index contributed by atoms with van der Waals surface area (Å²) in [5, 5.41) is 0. The second-order valence-corrected chi connectivity index (χ2v) is 21.3. The van der Waals surface area contributed by atoms with Crippen LogP contribution < -0.4 is 0 Å². The molecule has 1 unspecified atom stereocenters. The zero-order valence-electron chi connectivity index (χ0n) is 48.7. The third-order valence-electron chi connectivity index (χ3n) is 14.0. The van der Waals surface area contributed by atoms with Crippen LogP contribution in [0.25, 0.3) is 0 Å². The molecule has 0 aromatic rings. The van der Waals surface area contributed by atoms with Crippen molar-refractivity contribution in [3.8, 4) is 0 Å². The number of hydrogen-bond acceptors (Lipinski definition) is 6. The summed E-state index contributed by atoms with van der Waals surface area (Å²) in [6, 6.07) is 0. The second kappa shape index (κ2) is 61.7. The fourth-order valence-electron chi connectivity index (χ4n) is 9.15. The number of esters is 3. The first-order chi connectivity index (χ1) is 36.0. The second-order valence-electron chi connectivity index (χ2n) is 21.3. The Kier molecular flexibility index (Phi) is 59.2. The lowest BCUT2D eigenvalue weighted by molar-refractivity contribution is -0.167. The highest BCUT2D eigenvalue weighted by Gasteiger charge is 2.19. The smallest absolute Gasteiger partial charge is 0.306 e. The molecule has 0 fully saturated rings. The Hall–Kier alpha value is -2.89. The van der Waals surface area contributed by atoms with Crippen molar-refractivity contribution in [2.24, 2.45) is 0 Å². The van der Waals surface area contributed by atoms with Crippen molar-refractivity contribution < 1.29 is 28.6 Å². The summed E-state index contributed by atoms with van der Waals surface area (Å²) < 4.78 is 16.9. The Bertz CT molecular complexity index is 1310. The molecule has 0 aromatic heterocycles. The van der Waals surface area contributed by atoms with Crippen LogP contribution in [0.3, 0.4) is 0 Å². The SMILES string of the molecule is CCCCC/C=C\C/C=C\CCCCCCCC(=O)OCC(COC(=O)CCCCCCCCCCCCCCC/C=C\CCCCCCCCCC)OC(=O)CCCCCCC/C=C\C/C=C\CCCCC. The van der Waals surface area contributed by atoms with E-state index >= 15 is 0 Å². The van der Waals surface area contributed by atoms with E-state index in [1.54, 1.807) is 0 Å². The fourth-order valence-corrected chi connectivity index (χ4v) is 9.15. The zero-order chi connectivity index (χ0) is 52.9. The molecule has 0 spiro atoms. The maximum absolute atomic E-state index is 12.9. The van der Waals surface area contributed by atoms with Crippen molar-refractivity contribution in [2.75, 3.05) is 13.2 Å². The summed E-state index contributed by atoms with van der Waals surface area (Å²) in [4.78, 5) is 38.3. The Morgan fingerprint density at radius 3 is 0.795 bits per heavy atom. The highest BCUT2D eigenvalue weighted by Crippen LogP contribution is 2.16. The van der Waals surface area contributed by atoms with Crippen molar-refractivity contribution in [2.45, 2.75) is 335 Å². The van der Waals surface area contributed by atoms with Crippen LogP contribution in [0.4, 0.5) is 0 Å². The topological polar surface area (TPSA) is 78.9 Å². The normalized spacial score (nSPS) is 12.4. The van der Waals surface area contributed by atoms with Crippen LogP contribution in [0.1, 0.15) is 329 Å². The average Bonchev–Trinajstić information content (AvgIpc) is 3.39. The predicted molar refractivity (Wildman–Crippen MR) is 316 cm³/mol. The number of allylic oxidation sites excluding steroid dienone is 10. The van der Waals surface area contributed by atoms with Crippen molar-refractivity contribution in [1.82, 2.24) is 0 Å². The molecule has 6 heteroatoms. The molecule has 0 aromatic carbocycles. The van der Waals surface area contributed by atoms with Gasteiger partial charge in [0.2, 0.25) is 0 Å². The first-order valence-corrected chi connectivity index (χ1v) is 31.8. The highest BCUT2D eigenvalue weighted by atomic mass is 16.6. The van der Waals surface area contributed by atoms with E-state index in [2.05, 4.69) is 81.5 Å². The largest absolute Gasteiger partial charge is 0.462 e.